The average Bonchev–Trinajstić information content (AvgIpc) is 2.83. The number of nitrogens with one attached hydrogen (secondary N) is 2. The number of ether oxygens (including phenoxy) is 1. The van der Waals surface area contributed by atoms with Gasteiger partial charge in [-0.2, -0.15) is 4.98 Å². The van der Waals surface area contributed by atoms with Gasteiger partial charge in [0.2, 0.25) is 5.95 Å². The third kappa shape index (κ3) is 6.60. The molecule has 1 fully saturated rings. The van der Waals surface area contributed by atoms with Crippen LogP contribution in [0.1, 0.15) is 41.4 Å². The van der Waals surface area contributed by atoms with Gasteiger partial charge in [-0.15, -0.1) is 0 Å². The average molecular weight is 515 g/mol. The van der Waals surface area contributed by atoms with Gasteiger partial charge in [-0.1, -0.05) is 36.5 Å². The van der Waals surface area contributed by atoms with Gasteiger partial charge in [0, 0.05) is 42.8 Å². The van der Waals surface area contributed by atoms with E-state index in [2.05, 4.69) is 37.4 Å². The first kappa shape index (κ1) is 25.2. The summed E-state index contributed by atoms with van der Waals surface area (Å²) in [5, 5.41) is 6.73. The summed E-state index contributed by atoms with van der Waals surface area (Å²) < 4.78 is 5.42. The zero-order valence-corrected chi connectivity index (χ0v) is 21.3. The molecule has 8 nitrogen and oxygen atoms in total. The highest BCUT2D eigenvalue weighted by Crippen LogP contribution is 2.29. The Bertz CT molecular complexity index is 1180. The number of nitrogens with zero attached hydrogens (tertiary/aromatic N) is 4. The molecule has 1 aromatic carbocycles. The second-order valence-corrected chi connectivity index (χ2v) is 9.16. The Hall–Kier alpha value is -2.94. The molecule has 1 amide bonds. The van der Waals surface area contributed by atoms with Gasteiger partial charge >= 0.3 is 0 Å². The molecule has 1 aliphatic rings. The minimum atomic E-state index is -0.383. The van der Waals surface area contributed by atoms with Gasteiger partial charge in [-0.25, -0.2) is 9.97 Å². The van der Waals surface area contributed by atoms with Crippen LogP contribution < -0.4 is 15.5 Å². The number of unbranched alkanes of at least 4 members (excludes halogenated alkanes) is 1. The Morgan fingerprint density at radius 1 is 1.09 bits per heavy atom. The lowest BCUT2D eigenvalue weighted by atomic mass is 10.1. The second kappa shape index (κ2) is 11.7. The maximum atomic E-state index is 13.0. The summed E-state index contributed by atoms with van der Waals surface area (Å²) >= 11 is 12.8. The molecule has 184 valence electrons. The lowest BCUT2D eigenvalue weighted by Gasteiger charge is -2.27. The Morgan fingerprint density at radius 2 is 1.83 bits per heavy atom. The van der Waals surface area contributed by atoms with E-state index >= 15 is 0 Å². The third-order valence-electron chi connectivity index (χ3n) is 5.56. The molecule has 0 bridgehead atoms. The molecule has 1 saturated heterocycles. The molecule has 35 heavy (non-hydrogen) atoms. The van der Waals surface area contributed by atoms with E-state index < -0.39 is 0 Å². The number of hydrogen-bond acceptors (Lipinski definition) is 7. The van der Waals surface area contributed by atoms with Crippen molar-refractivity contribution in [1.29, 1.82) is 0 Å². The molecular weight excluding hydrogens is 487 g/mol. The molecule has 3 heterocycles. The Morgan fingerprint density at radius 3 is 2.54 bits per heavy atom. The number of anilines is 4. The molecule has 2 aromatic heterocycles. The van der Waals surface area contributed by atoms with Crippen molar-refractivity contribution in [3.8, 4) is 0 Å². The summed E-state index contributed by atoms with van der Waals surface area (Å²) in [6.07, 6.45) is 4.57. The molecule has 2 N–H and O–H groups in total. The standard InChI is InChI=1S/C25H28Cl2N6O2/c1-3-4-5-17-13-19(26)23(20(27)14-17)24(34)30-18-6-7-28-21(15-18)31-22-12-16(2)29-25(32-22)33-8-10-35-11-9-33/h6-7,12-15H,3-5,8-11H2,1-2H3,(H2,28,29,30,31,32,34). The molecule has 4 rings (SSSR count). The first-order valence-corrected chi connectivity index (χ1v) is 12.4. The van der Waals surface area contributed by atoms with Crippen LogP contribution in [-0.4, -0.2) is 47.2 Å². The lowest BCUT2D eigenvalue weighted by molar-refractivity contribution is 0.102. The van der Waals surface area contributed by atoms with E-state index in [9.17, 15) is 4.79 Å². The normalized spacial score (nSPS) is 13.5. The Balaban J connectivity index is 1.48. The van der Waals surface area contributed by atoms with Crippen molar-refractivity contribution in [2.75, 3.05) is 41.8 Å². The largest absolute Gasteiger partial charge is 0.378 e. The van der Waals surface area contributed by atoms with E-state index in [1.165, 1.54) is 0 Å². The lowest BCUT2D eigenvalue weighted by Crippen LogP contribution is -2.37. The second-order valence-electron chi connectivity index (χ2n) is 8.34. The quantitative estimate of drug-likeness (QED) is 0.400. The van der Waals surface area contributed by atoms with Crippen LogP contribution >= 0.6 is 23.2 Å². The van der Waals surface area contributed by atoms with Crippen molar-refractivity contribution in [2.24, 2.45) is 0 Å². The van der Waals surface area contributed by atoms with Crippen LogP contribution in [0.4, 0.5) is 23.3 Å². The van der Waals surface area contributed by atoms with Crippen molar-refractivity contribution in [3.63, 3.8) is 0 Å². The van der Waals surface area contributed by atoms with Crippen LogP contribution in [0.3, 0.4) is 0 Å². The summed E-state index contributed by atoms with van der Waals surface area (Å²) in [5.41, 5.74) is 2.65. The topological polar surface area (TPSA) is 92.3 Å². The fourth-order valence-electron chi connectivity index (χ4n) is 3.79. The number of aromatic nitrogens is 3. The number of morpholine rings is 1. The number of rotatable bonds is 8. The molecule has 0 aliphatic carbocycles. The van der Waals surface area contributed by atoms with E-state index in [-0.39, 0.29) is 11.5 Å². The number of amides is 1. The van der Waals surface area contributed by atoms with Crippen LogP contribution in [0.15, 0.2) is 36.5 Å². The van der Waals surface area contributed by atoms with Crippen molar-refractivity contribution in [2.45, 2.75) is 33.1 Å². The van der Waals surface area contributed by atoms with E-state index in [4.69, 9.17) is 27.9 Å². The van der Waals surface area contributed by atoms with Gasteiger partial charge < -0.3 is 20.3 Å². The molecule has 0 radical (unpaired) electrons. The zero-order valence-electron chi connectivity index (χ0n) is 19.8. The number of halogens is 2. The number of benzene rings is 1. The number of carbonyl (C=O) groups excluding carboxylic acids is 1. The van der Waals surface area contributed by atoms with Crippen LogP contribution in [0, 0.1) is 6.92 Å². The van der Waals surface area contributed by atoms with Gasteiger partial charge in [-0.3, -0.25) is 4.79 Å². The number of pyridine rings is 1. The zero-order chi connectivity index (χ0) is 24.8. The summed E-state index contributed by atoms with van der Waals surface area (Å²) in [7, 11) is 0. The van der Waals surface area contributed by atoms with Crippen molar-refractivity contribution in [3.05, 3.63) is 63.4 Å². The number of hydrogen-bond donors (Lipinski definition) is 2. The fraction of sp³-hybridized carbons (Fsp3) is 0.360. The summed E-state index contributed by atoms with van der Waals surface area (Å²) in [5.74, 6) is 1.41. The van der Waals surface area contributed by atoms with Crippen LogP contribution in [0.5, 0.6) is 0 Å². The van der Waals surface area contributed by atoms with E-state index in [0.717, 1.165) is 43.6 Å². The molecule has 3 aromatic rings. The maximum absolute atomic E-state index is 13.0. The molecule has 0 atom stereocenters. The number of aryl methyl sites for hydroxylation is 2. The molecule has 10 heteroatoms. The maximum Gasteiger partial charge on any atom is 0.258 e. The molecule has 0 spiro atoms. The van der Waals surface area contributed by atoms with E-state index in [0.29, 0.717) is 46.5 Å². The highest BCUT2D eigenvalue weighted by Gasteiger charge is 2.18. The van der Waals surface area contributed by atoms with Crippen molar-refractivity contribution < 1.29 is 9.53 Å². The SMILES string of the molecule is CCCCc1cc(Cl)c(C(=O)Nc2ccnc(Nc3cc(C)nc(N4CCOCC4)n3)c2)c(Cl)c1. The number of carbonyl (C=O) groups is 1. The summed E-state index contributed by atoms with van der Waals surface area (Å²) in [4.78, 5) is 28.6. The highest BCUT2D eigenvalue weighted by atomic mass is 35.5. The van der Waals surface area contributed by atoms with Gasteiger partial charge in [0.05, 0.1) is 28.8 Å². The summed E-state index contributed by atoms with van der Waals surface area (Å²) in [6, 6.07) is 8.88. The minimum Gasteiger partial charge on any atom is -0.378 e. The molecule has 1 aliphatic heterocycles. The molecule has 0 unspecified atom stereocenters. The smallest absolute Gasteiger partial charge is 0.258 e. The van der Waals surface area contributed by atoms with Gasteiger partial charge in [0.25, 0.3) is 5.91 Å². The monoisotopic (exact) mass is 514 g/mol. The first-order valence-electron chi connectivity index (χ1n) is 11.6. The van der Waals surface area contributed by atoms with Crippen LogP contribution in [0.2, 0.25) is 10.0 Å². The Labute approximate surface area is 215 Å². The molecule has 0 saturated carbocycles. The predicted octanol–water partition coefficient (Wildman–Crippen LogP) is 5.66. The highest BCUT2D eigenvalue weighted by molar-refractivity contribution is 6.40. The van der Waals surface area contributed by atoms with Crippen molar-refractivity contribution >= 4 is 52.4 Å². The third-order valence-corrected chi connectivity index (χ3v) is 6.15. The minimum absolute atomic E-state index is 0.251. The van der Waals surface area contributed by atoms with Crippen molar-refractivity contribution in [1.82, 2.24) is 15.0 Å². The van der Waals surface area contributed by atoms with Crippen LogP contribution in [-0.2, 0) is 11.2 Å². The van der Waals surface area contributed by atoms with Gasteiger partial charge in [-0.05, 0) is 43.5 Å². The predicted molar refractivity (Wildman–Crippen MR) is 140 cm³/mol. The summed E-state index contributed by atoms with van der Waals surface area (Å²) in [6.45, 7) is 6.83. The van der Waals surface area contributed by atoms with Gasteiger partial charge in [0.15, 0.2) is 0 Å². The fourth-order valence-corrected chi connectivity index (χ4v) is 4.49. The van der Waals surface area contributed by atoms with Gasteiger partial charge in [0.1, 0.15) is 11.6 Å². The van der Waals surface area contributed by atoms with E-state index in [1.54, 1.807) is 30.5 Å². The first-order chi connectivity index (χ1) is 16.9. The molecular formula is C25H28Cl2N6O2. The Kier molecular flexibility index (Phi) is 8.38. The van der Waals surface area contributed by atoms with Crippen LogP contribution in [0.25, 0.3) is 0 Å². The van der Waals surface area contributed by atoms with E-state index in [1.807, 2.05) is 13.0 Å².